The maximum absolute atomic E-state index is 11.6. The number of nitrogens with zero attached hydrogens (tertiary/aromatic N) is 7. The Hall–Kier alpha value is -3.12. The van der Waals surface area contributed by atoms with E-state index in [0.717, 1.165) is 0 Å². The van der Waals surface area contributed by atoms with Crippen LogP contribution in [-0.4, -0.2) is 88.1 Å². The Morgan fingerprint density at radius 1 is 1.10 bits per heavy atom. The van der Waals surface area contributed by atoms with E-state index in [0.29, 0.717) is 24.3 Å². The highest BCUT2D eigenvalue weighted by Crippen LogP contribution is 2.41. The third-order valence-electron chi connectivity index (χ3n) is 5.76. The van der Waals surface area contributed by atoms with Crippen LogP contribution in [-0.2, 0) is 41.2 Å². The van der Waals surface area contributed by atoms with E-state index >= 15 is 0 Å². The third-order valence-corrected chi connectivity index (χ3v) is 7.69. The number of halogens is 1. The van der Waals surface area contributed by atoms with Gasteiger partial charge in [-0.05, 0) is 0 Å². The highest BCUT2D eigenvalue weighted by molar-refractivity contribution is 7.50. The van der Waals surface area contributed by atoms with Crippen molar-refractivity contribution in [2.24, 2.45) is 0 Å². The zero-order valence-corrected chi connectivity index (χ0v) is 23.6. The molecule has 0 radical (unpaired) electrons. The first-order chi connectivity index (χ1) is 19.4. The van der Waals surface area contributed by atoms with Crippen molar-refractivity contribution in [1.29, 1.82) is 0 Å². The number of anilines is 2. The Bertz CT molecular complexity index is 1710. The van der Waals surface area contributed by atoms with Crippen molar-refractivity contribution < 1.29 is 37.9 Å². The van der Waals surface area contributed by atoms with Crippen LogP contribution in [0.2, 0.25) is 5.15 Å². The molecule has 0 spiro atoms. The molecule has 6 N–H and O–H groups in total. The SMILES string of the molecule is C[P+](=O)C1OCC(Cn2cnc3c(Cl)nc(N)nc32)O1.Nc1nc2c(ncn2CC2COC(P(=O)([O-])O)O2)c(=O)[nH]1. The van der Waals surface area contributed by atoms with E-state index in [9.17, 15) is 18.8 Å². The molecule has 6 heterocycles. The number of fused-ring (bicyclic) bond motifs is 2. The van der Waals surface area contributed by atoms with Crippen molar-refractivity contribution in [1.82, 2.24) is 39.0 Å². The van der Waals surface area contributed by atoms with E-state index in [1.54, 1.807) is 17.6 Å². The second-order valence-corrected chi connectivity index (χ2v) is 12.3. The second kappa shape index (κ2) is 11.6. The molecule has 0 aliphatic carbocycles. The summed E-state index contributed by atoms with van der Waals surface area (Å²) >= 11 is 5.96. The van der Waals surface area contributed by atoms with Gasteiger partial charge in [0.1, 0.15) is 24.4 Å². The molecule has 19 nitrogen and oxygen atoms in total. The molecule has 0 saturated carbocycles. The monoisotopic (exact) mass is 632 g/mol. The summed E-state index contributed by atoms with van der Waals surface area (Å²) in [6.45, 7) is 2.51. The molecule has 2 aliphatic rings. The Labute approximate surface area is 235 Å². The Morgan fingerprint density at radius 2 is 1.71 bits per heavy atom. The number of H-pyrrole nitrogens is 1. The minimum Gasteiger partial charge on any atom is -0.775 e. The molecule has 6 atom stereocenters. The fourth-order valence-corrected chi connectivity index (χ4v) is 5.48. The van der Waals surface area contributed by atoms with Crippen LogP contribution in [0.1, 0.15) is 0 Å². The van der Waals surface area contributed by atoms with Crippen LogP contribution < -0.4 is 21.9 Å². The van der Waals surface area contributed by atoms with Crippen LogP contribution >= 0.6 is 27.0 Å². The van der Waals surface area contributed by atoms with Gasteiger partial charge in [0.05, 0.1) is 39.0 Å². The first kappa shape index (κ1) is 29.4. The molecule has 6 unspecified atom stereocenters. The predicted molar refractivity (Wildman–Crippen MR) is 140 cm³/mol. The van der Waals surface area contributed by atoms with Crippen molar-refractivity contribution in [2.45, 2.75) is 37.4 Å². The molecule has 0 aromatic carbocycles. The van der Waals surface area contributed by atoms with Crippen LogP contribution in [0, 0.1) is 0 Å². The van der Waals surface area contributed by atoms with Crippen molar-refractivity contribution in [2.75, 3.05) is 31.3 Å². The van der Waals surface area contributed by atoms with Gasteiger partial charge in [-0.1, -0.05) is 16.2 Å². The van der Waals surface area contributed by atoms with E-state index in [1.807, 2.05) is 0 Å². The smallest absolute Gasteiger partial charge is 0.398 e. The molecule has 41 heavy (non-hydrogen) atoms. The average Bonchev–Trinajstić information content (AvgIpc) is 3.68. The first-order valence-corrected chi connectivity index (χ1v) is 15.5. The second-order valence-electron chi connectivity index (χ2n) is 8.87. The van der Waals surface area contributed by atoms with Crippen LogP contribution in [0.4, 0.5) is 11.9 Å². The molecule has 6 rings (SSSR count). The lowest BCUT2D eigenvalue weighted by atomic mass is 10.4. The number of imidazole rings is 2. The van der Waals surface area contributed by atoms with Gasteiger partial charge in [0, 0.05) is 0 Å². The van der Waals surface area contributed by atoms with Gasteiger partial charge in [-0.25, -0.2) is 9.97 Å². The van der Waals surface area contributed by atoms with Crippen molar-refractivity contribution in [3.63, 3.8) is 0 Å². The Kier molecular flexibility index (Phi) is 8.34. The maximum atomic E-state index is 11.6. The molecule has 2 fully saturated rings. The summed E-state index contributed by atoms with van der Waals surface area (Å²) in [6.07, 6.45) is 2.10. The summed E-state index contributed by atoms with van der Waals surface area (Å²) < 4.78 is 46.3. The van der Waals surface area contributed by atoms with Crippen molar-refractivity contribution in [3.8, 4) is 0 Å². The van der Waals surface area contributed by atoms with Gasteiger partial charge in [-0.2, -0.15) is 15.0 Å². The first-order valence-electron chi connectivity index (χ1n) is 11.7. The molecule has 2 saturated heterocycles. The number of nitrogen functional groups attached to an aromatic ring is 2. The summed E-state index contributed by atoms with van der Waals surface area (Å²) in [6, 6.07) is -2.33. The number of aromatic nitrogens is 8. The van der Waals surface area contributed by atoms with Crippen LogP contribution in [0.25, 0.3) is 22.3 Å². The number of nitrogens with two attached hydrogens (primary N) is 2. The molecule has 4 aromatic heterocycles. The number of ether oxygens (including phenoxy) is 4. The standard InChI is InChI=1S/C10H12ClN5O3P.C9H12N5O6P/c1-20(17)10-18-3-5(19-10)2-16-4-13-6-7(11)14-9(12)15-8(6)16;10-8-12-6-5(7(15)13-8)11-3-14(6)1-4-2-19-9(20-4)21(16,17)18/h4-5,10H,2-3H2,1H3,(H2,12,14,15);3-4,9H,1-2H2,(H2,16,17,18)(H3,10,12,13,15)/q+1;/p-1. The van der Waals surface area contributed by atoms with Gasteiger partial charge in [-0.15, -0.1) is 0 Å². The summed E-state index contributed by atoms with van der Waals surface area (Å²) in [4.78, 5) is 53.7. The minimum atomic E-state index is -4.71. The number of rotatable bonds is 6. The molecule has 0 amide bonds. The zero-order chi connectivity index (χ0) is 29.5. The van der Waals surface area contributed by atoms with E-state index in [2.05, 4.69) is 29.9 Å². The fraction of sp³-hybridized carbons (Fsp3) is 0.474. The number of hydrogen-bond acceptors (Lipinski definition) is 15. The maximum Gasteiger partial charge on any atom is 0.398 e. The highest BCUT2D eigenvalue weighted by Gasteiger charge is 2.37. The lowest BCUT2D eigenvalue weighted by Gasteiger charge is -2.21. The zero-order valence-electron chi connectivity index (χ0n) is 21.1. The van der Waals surface area contributed by atoms with E-state index in [1.165, 1.54) is 10.9 Å². The molecule has 2 aliphatic heterocycles. The van der Waals surface area contributed by atoms with E-state index in [4.69, 9.17) is 46.9 Å². The molecular formula is C19H23ClN10O9P2. The average molecular weight is 633 g/mol. The number of nitrogens with one attached hydrogen (secondary N) is 1. The molecule has 220 valence electrons. The molecule has 0 bridgehead atoms. The van der Waals surface area contributed by atoms with Crippen molar-refractivity contribution >= 4 is 61.2 Å². The van der Waals surface area contributed by atoms with Gasteiger partial charge in [0.2, 0.25) is 17.9 Å². The largest absolute Gasteiger partial charge is 0.775 e. The molecular weight excluding hydrogens is 610 g/mol. The number of aromatic amines is 1. The Balaban J connectivity index is 0.000000165. The van der Waals surface area contributed by atoms with E-state index in [-0.39, 0.29) is 47.5 Å². The van der Waals surface area contributed by atoms with Gasteiger partial charge in [0.15, 0.2) is 29.6 Å². The van der Waals surface area contributed by atoms with Crippen LogP contribution in [0.3, 0.4) is 0 Å². The van der Waals surface area contributed by atoms with Gasteiger partial charge < -0.3 is 53.9 Å². The topological polar surface area (TPSA) is 274 Å². The van der Waals surface area contributed by atoms with Gasteiger partial charge in [-0.3, -0.25) is 9.78 Å². The summed E-state index contributed by atoms with van der Waals surface area (Å²) in [7, 11) is -6.24. The Morgan fingerprint density at radius 3 is 2.32 bits per heavy atom. The molecule has 4 aromatic rings. The fourth-order valence-electron chi connectivity index (χ4n) is 4.02. The summed E-state index contributed by atoms with van der Waals surface area (Å²) in [5, 5.41) is 0.212. The van der Waals surface area contributed by atoms with Gasteiger partial charge in [0.25, 0.3) is 5.56 Å². The third kappa shape index (κ3) is 6.53. The van der Waals surface area contributed by atoms with Crippen LogP contribution in [0.15, 0.2) is 17.4 Å². The lowest BCUT2D eigenvalue weighted by Crippen LogP contribution is -2.22. The highest BCUT2D eigenvalue weighted by atomic mass is 35.5. The summed E-state index contributed by atoms with van der Waals surface area (Å²) in [5.74, 6) is 0.0255. The van der Waals surface area contributed by atoms with Crippen LogP contribution in [0.5, 0.6) is 0 Å². The predicted octanol–water partition coefficient (Wildman–Crippen LogP) is -0.835. The van der Waals surface area contributed by atoms with Gasteiger partial charge >= 0.3 is 13.8 Å². The minimum absolute atomic E-state index is 0.0319. The normalized spacial score (nSPS) is 24.3. The van der Waals surface area contributed by atoms with E-state index < -0.39 is 39.1 Å². The molecule has 22 heteroatoms. The lowest BCUT2D eigenvalue weighted by molar-refractivity contribution is -0.216. The summed E-state index contributed by atoms with van der Waals surface area (Å²) in [5.41, 5.74) is 11.9. The quantitative estimate of drug-likeness (QED) is 0.149. The van der Waals surface area contributed by atoms with Crippen molar-refractivity contribution in [3.05, 3.63) is 28.2 Å². The number of hydrogen-bond donors (Lipinski definition) is 4.